The molecule has 1 N–H and O–H groups in total. The van der Waals surface area contributed by atoms with Crippen LogP contribution in [-0.4, -0.2) is 6.54 Å². The van der Waals surface area contributed by atoms with Gasteiger partial charge >= 0.3 is 0 Å². The maximum Gasteiger partial charge on any atom is 0.0302 e. The second-order valence-corrected chi connectivity index (χ2v) is 7.64. The zero-order chi connectivity index (χ0) is 11.9. The van der Waals surface area contributed by atoms with Crippen molar-refractivity contribution in [2.24, 2.45) is 17.8 Å². The fourth-order valence-electron chi connectivity index (χ4n) is 4.25. The van der Waals surface area contributed by atoms with Crippen LogP contribution in [0.5, 0.6) is 0 Å². The zero-order valence-electron chi connectivity index (χ0n) is 11.0. The molecule has 3 atom stereocenters. The summed E-state index contributed by atoms with van der Waals surface area (Å²) in [6.45, 7) is 2.39. The molecule has 18 heavy (non-hydrogen) atoms. The summed E-state index contributed by atoms with van der Waals surface area (Å²) in [7, 11) is 0. The Labute approximate surface area is 114 Å². The van der Waals surface area contributed by atoms with Crippen LogP contribution in [0.25, 0.3) is 0 Å². The fraction of sp³-hybridized carbons (Fsp3) is 0.750. The van der Waals surface area contributed by atoms with Crippen molar-refractivity contribution < 1.29 is 0 Å². The van der Waals surface area contributed by atoms with E-state index in [1.807, 2.05) is 11.3 Å². The Balaban J connectivity index is 1.29. The van der Waals surface area contributed by atoms with Crippen molar-refractivity contribution in [1.29, 1.82) is 0 Å². The number of rotatable bonds is 5. The first-order valence-electron chi connectivity index (χ1n) is 7.67. The van der Waals surface area contributed by atoms with Gasteiger partial charge in [0.15, 0.2) is 0 Å². The van der Waals surface area contributed by atoms with Crippen LogP contribution in [0.4, 0.5) is 0 Å². The highest BCUT2D eigenvalue weighted by molar-refractivity contribution is 7.10. The van der Waals surface area contributed by atoms with Crippen molar-refractivity contribution >= 4 is 11.3 Å². The maximum absolute atomic E-state index is 3.75. The minimum atomic E-state index is 0.913. The van der Waals surface area contributed by atoms with Gasteiger partial charge in [-0.05, 0) is 79.3 Å². The van der Waals surface area contributed by atoms with E-state index < -0.39 is 0 Å². The van der Waals surface area contributed by atoms with E-state index in [-0.39, 0.29) is 0 Å². The first-order chi connectivity index (χ1) is 8.90. The first kappa shape index (κ1) is 11.5. The molecule has 0 aliphatic heterocycles. The predicted octanol–water partition coefficient (Wildman–Crippen LogP) is 4.15. The molecule has 4 rings (SSSR count). The van der Waals surface area contributed by atoms with Gasteiger partial charge in [-0.25, -0.2) is 0 Å². The van der Waals surface area contributed by atoms with Crippen LogP contribution in [0.15, 0.2) is 11.4 Å². The molecular weight excluding hydrogens is 238 g/mol. The molecular formula is C16H23NS. The van der Waals surface area contributed by atoms with Crippen LogP contribution in [0, 0.1) is 17.8 Å². The quantitative estimate of drug-likeness (QED) is 0.839. The van der Waals surface area contributed by atoms with Gasteiger partial charge in [0, 0.05) is 11.4 Å². The molecule has 1 nitrogen and oxygen atoms in total. The molecule has 2 bridgehead atoms. The van der Waals surface area contributed by atoms with Crippen molar-refractivity contribution in [1.82, 2.24) is 5.32 Å². The molecule has 0 unspecified atom stereocenters. The van der Waals surface area contributed by atoms with Gasteiger partial charge in [-0.3, -0.25) is 0 Å². The number of hydrogen-bond donors (Lipinski definition) is 1. The molecule has 0 spiro atoms. The molecule has 3 saturated carbocycles. The van der Waals surface area contributed by atoms with Crippen molar-refractivity contribution in [3.63, 3.8) is 0 Å². The van der Waals surface area contributed by atoms with Gasteiger partial charge in [0.05, 0.1) is 0 Å². The normalized spacial score (nSPS) is 34.3. The predicted molar refractivity (Wildman–Crippen MR) is 76.9 cm³/mol. The Morgan fingerprint density at radius 3 is 2.83 bits per heavy atom. The molecule has 3 fully saturated rings. The monoisotopic (exact) mass is 261 g/mol. The minimum Gasteiger partial charge on any atom is -0.312 e. The highest BCUT2D eigenvalue weighted by atomic mass is 32.1. The Morgan fingerprint density at radius 2 is 2.11 bits per heavy atom. The average Bonchev–Trinajstić information content (AvgIpc) is 2.83. The van der Waals surface area contributed by atoms with Crippen LogP contribution >= 0.6 is 11.3 Å². The molecule has 3 aliphatic rings. The summed E-state index contributed by atoms with van der Waals surface area (Å²) in [6.07, 6.45) is 8.95. The van der Waals surface area contributed by atoms with Gasteiger partial charge in [-0.2, -0.15) is 0 Å². The van der Waals surface area contributed by atoms with E-state index >= 15 is 0 Å². The number of hydrogen-bond acceptors (Lipinski definition) is 2. The summed E-state index contributed by atoms with van der Waals surface area (Å²) in [5.41, 5.74) is 1.65. The average molecular weight is 261 g/mol. The third-order valence-corrected chi connectivity index (χ3v) is 6.31. The van der Waals surface area contributed by atoms with E-state index in [0.29, 0.717) is 0 Å². The molecule has 0 aromatic carbocycles. The van der Waals surface area contributed by atoms with Crippen LogP contribution in [0.3, 0.4) is 0 Å². The van der Waals surface area contributed by atoms with E-state index in [1.54, 1.807) is 16.9 Å². The standard InChI is InChI=1S/C16H23NS/c1-2-13-7-11(1)8-14(13)9-17-10-16-15(5-6-18-16)12-3-4-12/h5-6,11-14,17H,1-4,7-10H2/t11-,13+,14-/m1/s1. The Morgan fingerprint density at radius 1 is 1.17 bits per heavy atom. The fourth-order valence-corrected chi connectivity index (χ4v) is 5.18. The Hall–Kier alpha value is -0.340. The van der Waals surface area contributed by atoms with E-state index in [0.717, 1.165) is 30.2 Å². The summed E-state index contributed by atoms with van der Waals surface area (Å²) in [6, 6.07) is 2.36. The highest BCUT2D eigenvalue weighted by Gasteiger charge is 2.38. The third-order valence-electron chi connectivity index (χ3n) is 5.37. The second-order valence-electron chi connectivity index (χ2n) is 6.64. The molecule has 1 aromatic rings. The molecule has 2 heteroatoms. The lowest BCUT2D eigenvalue weighted by molar-refractivity contribution is 0.319. The Kier molecular flexibility index (Phi) is 2.96. The Bertz CT molecular complexity index is 420. The minimum absolute atomic E-state index is 0.913. The molecule has 0 radical (unpaired) electrons. The summed E-state index contributed by atoms with van der Waals surface area (Å²) in [5, 5.41) is 6.03. The highest BCUT2D eigenvalue weighted by Crippen LogP contribution is 2.48. The van der Waals surface area contributed by atoms with Gasteiger partial charge in [0.2, 0.25) is 0 Å². The van der Waals surface area contributed by atoms with Crippen molar-refractivity contribution in [3.8, 4) is 0 Å². The second kappa shape index (κ2) is 4.64. The van der Waals surface area contributed by atoms with E-state index in [4.69, 9.17) is 0 Å². The summed E-state index contributed by atoms with van der Waals surface area (Å²) in [5.74, 6) is 4.06. The van der Waals surface area contributed by atoms with Crippen molar-refractivity contribution in [2.75, 3.05) is 6.54 Å². The summed E-state index contributed by atoms with van der Waals surface area (Å²) >= 11 is 1.95. The van der Waals surface area contributed by atoms with Gasteiger partial charge in [-0.1, -0.05) is 6.42 Å². The van der Waals surface area contributed by atoms with Crippen LogP contribution in [0.1, 0.15) is 54.9 Å². The lowest BCUT2D eigenvalue weighted by Gasteiger charge is -2.21. The van der Waals surface area contributed by atoms with Gasteiger partial charge in [0.1, 0.15) is 0 Å². The lowest BCUT2D eigenvalue weighted by Crippen LogP contribution is -2.26. The lowest BCUT2D eigenvalue weighted by atomic mass is 9.89. The van der Waals surface area contributed by atoms with Gasteiger partial charge < -0.3 is 5.32 Å². The maximum atomic E-state index is 3.75. The molecule has 1 heterocycles. The molecule has 0 saturated heterocycles. The van der Waals surface area contributed by atoms with Crippen molar-refractivity contribution in [2.45, 2.75) is 51.0 Å². The largest absolute Gasteiger partial charge is 0.312 e. The zero-order valence-corrected chi connectivity index (χ0v) is 11.8. The van der Waals surface area contributed by atoms with E-state index in [9.17, 15) is 0 Å². The van der Waals surface area contributed by atoms with Gasteiger partial charge in [0.25, 0.3) is 0 Å². The summed E-state index contributed by atoms with van der Waals surface area (Å²) < 4.78 is 0. The van der Waals surface area contributed by atoms with Crippen LogP contribution in [-0.2, 0) is 6.54 Å². The van der Waals surface area contributed by atoms with E-state index in [1.165, 1.54) is 38.6 Å². The van der Waals surface area contributed by atoms with Gasteiger partial charge in [-0.15, -0.1) is 11.3 Å². The molecule has 0 amide bonds. The van der Waals surface area contributed by atoms with Crippen LogP contribution in [0.2, 0.25) is 0 Å². The number of fused-ring (bicyclic) bond motifs is 2. The smallest absolute Gasteiger partial charge is 0.0302 e. The molecule has 3 aliphatic carbocycles. The topological polar surface area (TPSA) is 12.0 Å². The first-order valence-corrected chi connectivity index (χ1v) is 8.55. The van der Waals surface area contributed by atoms with Crippen LogP contribution < -0.4 is 5.32 Å². The molecule has 1 aromatic heterocycles. The molecule has 98 valence electrons. The SMILES string of the molecule is c1cc(C2CC2)c(CNC[C@H]2C[C@@H]3CC[C@H]2C3)s1. The number of thiophene rings is 1. The van der Waals surface area contributed by atoms with Crippen molar-refractivity contribution in [3.05, 3.63) is 21.9 Å². The number of nitrogens with one attached hydrogen (secondary N) is 1. The third kappa shape index (κ3) is 2.14. The summed E-state index contributed by atoms with van der Waals surface area (Å²) in [4.78, 5) is 1.61. The van der Waals surface area contributed by atoms with E-state index in [2.05, 4.69) is 16.8 Å².